The van der Waals surface area contributed by atoms with Crippen LogP contribution in [0.3, 0.4) is 0 Å². The molecule has 0 amide bonds. The summed E-state index contributed by atoms with van der Waals surface area (Å²) in [5, 5.41) is 5.54. The summed E-state index contributed by atoms with van der Waals surface area (Å²) in [7, 11) is 3.09. The Morgan fingerprint density at radius 3 is 2.00 bits per heavy atom. The average molecular weight is 162 g/mol. The van der Waals surface area contributed by atoms with Crippen molar-refractivity contribution in [3.63, 3.8) is 0 Å². The molecular weight excluding hydrogens is 148 g/mol. The van der Waals surface area contributed by atoms with Crippen molar-refractivity contribution in [2.24, 2.45) is 0 Å². The molecule has 0 atom stereocenters. The molecule has 66 valence electrons. The van der Waals surface area contributed by atoms with E-state index in [2.05, 4.69) is 10.6 Å². The van der Waals surface area contributed by atoms with Crippen molar-refractivity contribution in [1.82, 2.24) is 10.6 Å². The van der Waals surface area contributed by atoms with Crippen LogP contribution in [0.15, 0.2) is 0 Å². The molecule has 0 fully saturated rings. The monoisotopic (exact) mass is 162 g/mol. The van der Waals surface area contributed by atoms with Crippen molar-refractivity contribution in [1.29, 1.82) is 0 Å². The number of methoxy groups -OCH3 is 2. The number of hydrogen-bond donors (Lipinski definition) is 2. The topological polar surface area (TPSA) is 59.6 Å². The first-order valence-corrected chi connectivity index (χ1v) is 3.25. The molecule has 0 spiro atoms. The molecular formula is C6H14N2O3. The van der Waals surface area contributed by atoms with Gasteiger partial charge >= 0.3 is 0 Å². The van der Waals surface area contributed by atoms with Gasteiger partial charge in [-0.25, -0.2) is 0 Å². The summed E-state index contributed by atoms with van der Waals surface area (Å²) in [6.45, 7) is 0.667. The van der Waals surface area contributed by atoms with Gasteiger partial charge in [-0.3, -0.25) is 10.6 Å². The number of nitrogens with one attached hydrogen (secondary N) is 2. The van der Waals surface area contributed by atoms with Gasteiger partial charge in [0.25, 0.3) is 0 Å². The fourth-order valence-electron chi connectivity index (χ4n) is 0.515. The van der Waals surface area contributed by atoms with Crippen LogP contribution >= 0.6 is 0 Å². The van der Waals surface area contributed by atoms with E-state index in [0.717, 1.165) is 6.29 Å². The van der Waals surface area contributed by atoms with Crippen LogP contribution in [0.5, 0.6) is 0 Å². The molecule has 0 rings (SSSR count). The minimum absolute atomic E-state index is 0.333. The number of carbonyl (C=O) groups excluding carboxylic acids is 1. The Morgan fingerprint density at radius 1 is 1.27 bits per heavy atom. The molecule has 5 nitrogen and oxygen atoms in total. The normalized spacial score (nSPS) is 10.5. The number of rotatable bonds is 7. The summed E-state index contributed by atoms with van der Waals surface area (Å²) in [5.41, 5.74) is 0. The van der Waals surface area contributed by atoms with Crippen molar-refractivity contribution in [2.75, 3.05) is 27.7 Å². The Labute approximate surface area is 66.1 Å². The molecule has 0 aromatic heterocycles. The maximum absolute atomic E-state index is 10.3. The standard InChI is InChI=1S/C6H14N2O3/c1-10-4-7-6(3-9)8-5-11-2/h3,6-8H,4-5H2,1-2H3. The summed E-state index contributed by atoms with van der Waals surface area (Å²) >= 11 is 0. The Morgan fingerprint density at radius 2 is 1.73 bits per heavy atom. The second-order valence-corrected chi connectivity index (χ2v) is 1.89. The lowest BCUT2D eigenvalue weighted by atomic mass is 10.5. The highest BCUT2D eigenvalue weighted by atomic mass is 16.5. The molecule has 0 unspecified atom stereocenters. The number of carbonyl (C=O) groups is 1. The Balaban J connectivity index is 3.33. The predicted molar refractivity (Wildman–Crippen MR) is 39.9 cm³/mol. The molecule has 0 aliphatic rings. The molecule has 5 heteroatoms. The second kappa shape index (κ2) is 7.62. The van der Waals surface area contributed by atoms with E-state index in [0.29, 0.717) is 13.5 Å². The van der Waals surface area contributed by atoms with E-state index < -0.39 is 6.17 Å². The maximum Gasteiger partial charge on any atom is 0.151 e. The lowest BCUT2D eigenvalue weighted by molar-refractivity contribution is -0.111. The van der Waals surface area contributed by atoms with Gasteiger partial charge in [0.15, 0.2) is 6.29 Å². The van der Waals surface area contributed by atoms with Crippen molar-refractivity contribution in [2.45, 2.75) is 6.17 Å². The van der Waals surface area contributed by atoms with E-state index in [4.69, 9.17) is 9.47 Å². The highest BCUT2D eigenvalue weighted by Gasteiger charge is 2.02. The second-order valence-electron chi connectivity index (χ2n) is 1.89. The van der Waals surface area contributed by atoms with Crippen LogP contribution in [0.1, 0.15) is 0 Å². The third kappa shape index (κ3) is 5.93. The SMILES string of the molecule is COCNC(C=O)NCOC. The molecule has 0 bridgehead atoms. The first kappa shape index (κ1) is 10.5. The van der Waals surface area contributed by atoms with Gasteiger partial charge in [-0.2, -0.15) is 0 Å². The van der Waals surface area contributed by atoms with Crippen molar-refractivity contribution in [3.8, 4) is 0 Å². The van der Waals surface area contributed by atoms with E-state index in [9.17, 15) is 4.79 Å². The molecule has 0 saturated carbocycles. The zero-order valence-corrected chi connectivity index (χ0v) is 6.79. The molecule has 2 N–H and O–H groups in total. The minimum atomic E-state index is -0.408. The number of aldehydes is 1. The zero-order valence-electron chi connectivity index (χ0n) is 6.79. The zero-order chi connectivity index (χ0) is 8.53. The maximum atomic E-state index is 10.3. The van der Waals surface area contributed by atoms with Gasteiger partial charge in [-0.15, -0.1) is 0 Å². The minimum Gasteiger partial charge on any atom is -0.369 e. The van der Waals surface area contributed by atoms with E-state index >= 15 is 0 Å². The Hall–Kier alpha value is -0.490. The molecule has 0 aliphatic carbocycles. The molecule has 0 aromatic rings. The summed E-state index contributed by atoms with van der Waals surface area (Å²) in [6, 6.07) is 0. The van der Waals surface area contributed by atoms with Crippen molar-refractivity contribution < 1.29 is 14.3 Å². The predicted octanol–water partition coefficient (Wildman–Crippen LogP) is -1.10. The van der Waals surface area contributed by atoms with Crippen LogP contribution in [-0.2, 0) is 14.3 Å². The fourth-order valence-corrected chi connectivity index (χ4v) is 0.515. The van der Waals surface area contributed by atoms with E-state index in [-0.39, 0.29) is 0 Å². The molecule has 0 aliphatic heterocycles. The summed E-state index contributed by atoms with van der Waals surface area (Å²) in [5.74, 6) is 0. The van der Waals surface area contributed by atoms with E-state index in [1.807, 2.05) is 0 Å². The van der Waals surface area contributed by atoms with E-state index in [1.54, 1.807) is 14.2 Å². The molecule has 0 heterocycles. The highest BCUT2D eigenvalue weighted by molar-refractivity contribution is 5.56. The molecule has 0 saturated heterocycles. The summed E-state index contributed by atoms with van der Waals surface area (Å²) in [4.78, 5) is 10.3. The fraction of sp³-hybridized carbons (Fsp3) is 0.833. The number of hydrogen-bond acceptors (Lipinski definition) is 5. The Kier molecular flexibility index (Phi) is 7.28. The van der Waals surface area contributed by atoms with Crippen molar-refractivity contribution >= 4 is 6.29 Å². The number of ether oxygens (including phenoxy) is 2. The molecule has 0 radical (unpaired) electrons. The molecule has 11 heavy (non-hydrogen) atoms. The van der Waals surface area contributed by atoms with Crippen LogP contribution in [0.4, 0.5) is 0 Å². The summed E-state index contributed by atoms with van der Waals surface area (Å²) in [6.07, 6.45) is 0.341. The van der Waals surface area contributed by atoms with Gasteiger partial charge in [-0.05, 0) is 0 Å². The van der Waals surface area contributed by atoms with E-state index in [1.165, 1.54) is 0 Å². The Bertz CT molecular complexity index is 91.8. The van der Waals surface area contributed by atoms with Gasteiger partial charge in [0, 0.05) is 14.2 Å². The summed E-state index contributed by atoms with van der Waals surface area (Å²) < 4.78 is 9.41. The average Bonchev–Trinajstić information content (AvgIpc) is 2.05. The largest absolute Gasteiger partial charge is 0.369 e. The van der Waals surface area contributed by atoms with Crippen LogP contribution in [0, 0.1) is 0 Å². The first-order chi connectivity index (χ1) is 5.35. The van der Waals surface area contributed by atoms with Crippen LogP contribution in [0.25, 0.3) is 0 Å². The van der Waals surface area contributed by atoms with Gasteiger partial charge in [-0.1, -0.05) is 0 Å². The highest BCUT2D eigenvalue weighted by Crippen LogP contribution is 1.71. The van der Waals surface area contributed by atoms with Crippen LogP contribution in [-0.4, -0.2) is 40.1 Å². The lowest BCUT2D eigenvalue weighted by Gasteiger charge is -2.12. The smallest absolute Gasteiger partial charge is 0.151 e. The van der Waals surface area contributed by atoms with Gasteiger partial charge in [0.1, 0.15) is 6.17 Å². The lowest BCUT2D eigenvalue weighted by Crippen LogP contribution is -2.45. The van der Waals surface area contributed by atoms with Gasteiger partial charge in [0.05, 0.1) is 13.5 Å². The van der Waals surface area contributed by atoms with Gasteiger partial charge in [0.2, 0.25) is 0 Å². The first-order valence-electron chi connectivity index (χ1n) is 3.25. The molecule has 0 aromatic carbocycles. The van der Waals surface area contributed by atoms with Crippen molar-refractivity contribution in [3.05, 3.63) is 0 Å². The van der Waals surface area contributed by atoms with Gasteiger partial charge < -0.3 is 14.3 Å². The third-order valence-corrected chi connectivity index (χ3v) is 1.03. The van der Waals surface area contributed by atoms with Crippen LogP contribution < -0.4 is 10.6 Å². The third-order valence-electron chi connectivity index (χ3n) is 1.03. The quantitative estimate of drug-likeness (QED) is 0.367. The van der Waals surface area contributed by atoms with Crippen LogP contribution in [0.2, 0.25) is 0 Å².